The van der Waals surface area contributed by atoms with Crippen LogP contribution in [-0.2, 0) is 11.3 Å². The van der Waals surface area contributed by atoms with Crippen LogP contribution in [0.15, 0.2) is 46.9 Å². The van der Waals surface area contributed by atoms with Gasteiger partial charge in [-0.15, -0.1) is 0 Å². The lowest BCUT2D eigenvalue weighted by Gasteiger charge is -2.25. The highest BCUT2D eigenvalue weighted by Gasteiger charge is 2.19. The Morgan fingerprint density at radius 1 is 1.16 bits per heavy atom. The maximum atomic E-state index is 12.5. The molecular weight excluding hydrogens is 384 g/mol. The van der Waals surface area contributed by atoms with E-state index >= 15 is 0 Å². The van der Waals surface area contributed by atoms with E-state index in [4.69, 9.17) is 9.47 Å². The lowest BCUT2D eigenvalue weighted by molar-refractivity contribution is -0.120. The molecular formula is C19H21BrN2O3. The molecule has 0 saturated heterocycles. The number of rotatable bonds is 5. The van der Waals surface area contributed by atoms with E-state index in [-0.39, 0.29) is 11.9 Å². The van der Waals surface area contributed by atoms with Crippen LogP contribution in [0.1, 0.15) is 12.5 Å². The third-order valence-electron chi connectivity index (χ3n) is 4.19. The first kappa shape index (κ1) is 17.8. The van der Waals surface area contributed by atoms with Gasteiger partial charge in [0.2, 0.25) is 5.91 Å². The van der Waals surface area contributed by atoms with Gasteiger partial charge in [0.05, 0.1) is 6.04 Å². The summed E-state index contributed by atoms with van der Waals surface area (Å²) in [5.41, 5.74) is 1.86. The molecule has 2 aromatic carbocycles. The minimum Gasteiger partial charge on any atom is -0.486 e. The number of benzene rings is 2. The van der Waals surface area contributed by atoms with Gasteiger partial charge in [-0.3, -0.25) is 9.69 Å². The van der Waals surface area contributed by atoms with E-state index in [1.807, 2.05) is 61.3 Å². The number of anilines is 1. The lowest BCUT2D eigenvalue weighted by Crippen LogP contribution is -2.39. The molecule has 25 heavy (non-hydrogen) atoms. The van der Waals surface area contributed by atoms with Crippen molar-refractivity contribution < 1.29 is 14.3 Å². The van der Waals surface area contributed by atoms with Crippen molar-refractivity contribution >= 4 is 27.5 Å². The van der Waals surface area contributed by atoms with E-state index < -0.39 is 0 Å². The quantitative estimate of drug-likeness (QED) is 0.825. The maximum absolute atomic E-state index is 12.5. The Kier molecular flexibility index (Phi) is 5.60. The van der Waals surface area contributed by atoms with Gasteiger partial charge in [-0.1, -0.05) is 22.0 Å². The number of ether oxygens (including phenoxy) is 2. The Morgan fingerprint density at radius 2 is 1.84 bits per heavy atom. The molecule has 0 aromatic heterocycles. The molecule has 1 aliphatic rings. The summed E-state index contributed by atoms with van der Waals surface area (Å²) in [6, 6.07) is 13.2. The molecule has 1 atom stereocenters. The van der Waals surface area contributed by atoms with Crippen LogP contribution in [0, 0.1) is 0 Å². The SMILES string of the molecule is CC(C(=O)Nc1ccc(Br)cc1)N(C)Cc1ccc2c(c1)OCCO2. The largest absolute Gasteiger partial charge is 0.486 e. The van der Waals surface area contributed by atoms with Gasteiger partial charge in [0.15, 0.2) is 11.5 Å². The fourth-order valence-electron chi connectivity index (χ4n) is 2.59. The highest BCUT2D eigenvalue weighted by molar-refractivity contribution is 9.10. The highest BCUT2D eigenvalue weighted by atomic mass is 79.9. The normalized spacial score (nSPS) is 14.2. The maximum Gasteiger partial charge on any atom is 0.241 e. The Bertz CT molecular complexity index is 749. The van der Waals surface area contributed by atoms with Gasteiger partial charge in [-0.2, -0.15) is 0 Å². The number of hydrogen-bond donors (Lipinski definition) is 1. The summed E-state index contributed by atoms with van der Waals surface area (Å²) in [7, 11) is 1.93. The molecule has 132 valence electrons. The van der Waals surface area contributed by atoms with E-state index in [1.165, 1.54) is 0 Å². The second kappa shape index (κ2) is 7.89. The molecule has 1 unspecified atom stereocenters. The van der Waals surface area contributed by atoms with Gasteiger partial charge >= 0.3 is 0 Å². The van der Waals surface area contributed by atoms with Crippen LogP contribution in [-0.4, -0.2) is 37.1 Å². The number of carbonyl (C=O) groups excluding carboxylic acids is 1. The molecule has 0 fully saturated rings. The summed E-state index contributed by atoms with van der Waals surface area (Å²) >= 11 is 3.39. The number of nitrogens with one attached hydrogen (secondary N) is 1. The minimum atomic E-state index is -0.267. The Morgan fingerprint density at radius 3 is 2.56 bits per heavy atom. The average Bonchev–Trinajstić information content (AvgIpc) is 2.62. The van der Waals surface area contributed by atoms with Crippen LogP contribution < -0.4 is 14.8 Å². The Balaban J connectivity index is 1.60. The number of halogens is 1. The molecule has 1 amide bonds. The van der Waals surface area contributed by atoms with Gasteiger partial charge in [0, 0.05) is 16.7 Å². The first-order valence-corrected chi connectivity index (χ1v) is 8.97. The highest BCUT2D eigenvalue weighted by Crippen LogP contribution is 2.31. The number of nitrogens with zero attached hydrogens (tertiary/aromatic N) is 1. The summed E-state index contributed by atoms with van der Waals surface area (Å²) in [6.45, 7) is 3.69. The molecule has 1 N–H and O–H groups in total. The third kappa shape index (κ3) is 4.52. The molecule has 0 spiro atoms. The second-order valence-corrected chi connectivity index (χ2v) is 6.98. The van der Waals surface area contributed by atoms with Gasteiger partial charge in [-0.05, 0) is 55.9 Å². The second-order valence-electron chi connectivity index (χ2n) is 6.07. The molecule has 0 aliphatic carbocycles. The molecule has 1 aliphatic heterocycles. The fraction of sp³-hybridized carbons (Fsp3) is 0.316. The predicted octanol–water partition coefficient (Wildman–Crippen LogP) is 3.68. The smallest absolute Gasteiger partial charge is 0.241 e. The average molecular weight is 405 g/mol. The van der Waals surface area contributed by atoms with E-state index in [1.54, 1.807) is 0 Å². The minimum absolute atomic E-state index is 0.0395. The lowest BCUT2D eigenvalue weighted by atomic mass is 10.1. The Hall–Kier alpha value is -2.05. The zero-order valence-electron chi connectivity index (χ0n) is 14.3. The first-order valence-electron chi connectivity index (χ1n) is 8.18. The number of fused-ring (bicyclic) bond motifs is 1. The first-order chi connectivity index (χ1) is 12.0. The predicted molar refractivity (Wildman–Crippen MR) is 101 cm³/mol. The fourth-order valence-corrected chi connectivity index (χ4v) is 2.86. The van der Waals surface area contributed by atoms with Gasteiger partial charge < -0.3 is 14.8 Å². The van der Waals surface area contributed by atoms with Crippen LogP contribution in [0.2, 0.25) is 0 Å². The van der Waals surface area contributed by atoms with Gasteiger partial charge in [0.1, 0.15) is 13.2 Å². The molecule has 0 radical (unpaired) electrons. The topological polar surface area (TPSA) is 50.8 Å². The van der Waals surface area contributed by atoms with Crippen LogP contribution in [0.4, 0.5) is 5.69 Å². The number of carbonyl (C=O) groups is 1. The van der Waals surface area contributed by atoms with E-state index in [9.17, 15) is 4.79 Å². The van der Waals surface area contributed by atoms with Crippen molar-refractivity contribution in [3.05, 3.63) is 52.5 Å². The van der Waals surface area contributed by atoms with Crippen LogP contribution in [0.3, 0.4) is 0 Å². The molecule has 2 aromatic rings. The van der Waals surface area contributed by atoms with Crippen LogP contribution in [0.25, 0.3) is 0 Å². The molecule has 0 bridgehead atoms. The monoisotopic (exact) mass is 404 g/mol. The van der Waals surface area contributed by atoms with Crippen LogP contribution >= 0.6 is 15.9 Å². The molecule has 6 heteroatoms. The molecule has 3 rings (SSSR count). The van der Waals surface area contributed by atoms with Crippen molar-refractivity contribution in [1.82, 2.24) is 4.90 Å². The number of hydrogen-bond acceptors (Lipinski definition) is 4. The molecule has 5 nitrogen and oxygen atoms in total. The molecule has 0 saturated carbocycles. The summed E-state index contributed by atoms with van der Waals surface area (Å²) in [5, 5.41) is 2.94. The van der Waals surface area contributed by atoms with E-state index in [0.29, 0.717) is 19.8 Å². The standard InChI is InChI=1S/C19H21BrN2O3/c1-13(19(23)21-16-6-4-15(20)5-7-16)22(2)12-14-3-8-17-18(11-14)25-10-9-24-17/h3-8,11,13H,9-10,12H2,1-2H3,(H,21,23). The van der Waals surface area contributed by atoms with Gasteiger partial charge in [-0.25, -0.2) is 0 Å². The zero-order chi connectivity index (χ0) is 17.8. The number of amides is 1. The van der Waals surface area contributed by atoms with Crippen molar-refractivity contribution in [1.29, 1.82) is 0 Å². The molecule has 1 heterocycles. The van der Waals surface area contributed by atoms with E-state index in [0.717, 1.165) is 27.2 Å². The van der Waals surface area contributed by atoms with Crippen molar-refractivity contribution in [2.75, 3.05) is 25.6 Å². The third-order valence-corrected chi connectivity index (χ3v) is 4.72. The Labute approximate surface area is 156 Å². The van der Waals surface area contributed by atoms with Crippen molar-refractivity contribution in [3.8, 4) is 11.5 Å². The van der Waals surface area contributed by atoms with Crippen molar-refractivity contribution in [2.45, 2.75) is 19.5 Å². The van der Waals surface area contributed by atoms with Crippen molar-refractivity contribution in [3.63, 3.8) is 0 Å². The number of likely N-dealkylation sites (N-methyl/N-ethyl adjacent to an activating group) is 1. The van der Waals surface area contributed by atoms with E-state index in [2.05, 4.69) is 21.2 Å². The van der Waals surface area contributed by atoms with Gasteiger partial charge in [0.25, 0.3) is 0 Å². The summed E-state index contributed by atoms with van der Waals surface area (Å²) in [6.07, 6.45) is 0. The van der Waals surface area contributed by atoms with Crippen molar-refractivity contribution in [2.24, 2.45) is 0 Å². The summed E-state index contributed by atoms with van der Waals surface area (Å²) < 4.78 is 12.1. The summed E-state index contributed by atoms with van der Waals surface area (Å²) in [4.78, 5) is 14.5. The zero-order valence-corrected chi connectivity index (χ0v) is 15.9. The van der Waals surface area contributed by atoms with Crippen LogP contribution in [0.5, 0.6) is 11.5 Å². The summed E-state index contributed by atoms with van der Waals surface area (Å²) in [5.74, 6) is 1.50.